The van der Waals surface area contributed by atoms with Crippen LogP contribution in [0.2, 0.25) is 0 Å². The number of aromatic nitrogens is 3. The van der Waals surface area contributed by atoms with Crippen LogP contribution in [-0.4, -0.2) is 28.0 Å². The van der Waals surface area contributed by atoms with Gasteiger partial charge in [0.25, 0.3) is 0 Å². The van der Waals surface area contributed by atoms with Crippen molar-refractivity contribution in [3.8, 4) is 11.3 Å². The molecule has 23 heavy (non-hydrogen) atoms. The Morgan fingerprint density at radius 2 is 1.87 bits per heavy atom. The van der Waals surface area contributed by atoms with E-state index in [1.807, 2.05) is 36.4 Å². The summed E-state index contributed by atoms with van der Waals surface area (Å²) >= 11 is 0. The highest BCUT2D eigenvalue weighted by molar-refractivity contribution is 6.12. The van der Waals surface area contributed by atoms with E-state index < -0.39 is 5.97 Å². The molecule has 0 bridgehead atoms. The molecule has 0 saturated heterocycles. The number of esters is 1. The average molecular weight is 303 g/mol. The highest BCUT2D eigenvalue weighted by Crippen LogP contribution is 2.32. The van der Waals surface area contributed by atoms with Gasteiger partial charge in [-0.25, -0.2) is 9.78 Å². The number of fused-ring (bicyclic) bond motifs is 3. The van der Waals surface area contributed by atoms with Gasteiger partial charge in [0.2, 0.25) is 0 Å². The molecule has 0 aliphatic carbocycles. The summed E-state index contributed by atoms with van der Waals surface area (Å²) in [6, 6.07) is 13.5. The number of hydrogen-bond acceptors (Lipinski definition) is 4. The summed E-state index contributed by atoms with van der Waals surface area (Å²) in [6.07, 6.45) is 3.41. The molecular formula is C18H13N3O2. The second-order valence-corrected chi connectivity index (χ2v) is 5.18. The van der Waals surface area contributed by atoms with Crippen LogP contribution in [0.4, 0.5) is 0 Å². The molecule has 0 aliphatic heterocycles. The topological polar surface area (TPSA) is 67.9 Å². The molecule has 5 nitrogen and oxygen atoms in total. The van der Waals surface area contributed by atoms with Gasteiger partial charge in [-0.05, 0) is 24.3 Å². The van der Waals surface area contributed by atoms with E-state index in [4.69, 9.17) is 4.74 Å². The van der Waals surface area contributed by atoms with Gasteiger partial charge in [0, 0.05) is 34.2 Å². The lowest BCUT2D eigenvalue weighted by molar-refractivity contribution is 0.0594. The fraction of sp³-hybridized carbons (Fsp3) is 0.0556. The Hall–Kier alpha value is -3.21. The zero-order valence-electron chi connectivity index (χ0n) is 12.4. The van der Waals surface area contributed by atoms with E-state index in [-0.39, 0.29) is 5.69 Å². The maximum atomic E-state index is 12.0. The molecule has 3 heterocycles. The molecule has 4 aromatic rings. The van der Waals surface area contributed by atoms with Crippen LogP contribution >= 0.6 is 0 Å². The van der Waals surface area contributed by atoms with Gasteiger partial charge in [0.1, 0.15) is 5.69 Å². The van der Waals surface area contributed by atoms with Crippen molar-refractivity contribution in [3.05, 3.63) is 60.6 Å². The molecule has 1 aromatic carbocycles. The van der Waals surface area contributed by atoms with E-state index in [0.29, 0.717) is 5.69 Å². The molecule has 0 radical (unpaired) electrons. The maximum absolute atomic E-state index is 12.0. The predicted molar refractivity (Wildman–Crippen MR) is 88.2 cm³/mol. The molecule has 0 unspecified atom stereocenters. The van der Waals surface area contributed by atoms with Crippen LogP contribution in [0.3, 0.4) is 0 Å². The average Bonchev–Trinajstić information content (AvgIpc) is 2.99. The van der Waals surface area contributed by atoms with Gasteiger partial charge in [0.15, 0.2) is 0 Å². The predicted octanol–water partition coefficient (Wildman–Crippen LogP) is 3.56. The van der Waals surface area contributed by atoms with Gasteiger partial charge in [0.05, 0.1) is 18.3 Å². The van der Waals surface area contributed by atoms with E-state index in [2.05, 4.69) is 15.0 Å². The summed E-state index contributed by atoms with van der Waals surface area (Å²) in [7, 11) is 1.36. The SMILES string of the molecule is COC(=O)c1cc2c([nH]c3ccccc32)c(-c2ccncc2)n1. The van der Waals surface area contributed by atoms with E-state index in [1.165, 1.54) is 7.11 Å². The lowest BCUT2D eigenvalue weighted by Gasteiger charge is -2.06. The number of aromatic amines is 1. The minimum atomic E-state index is -0.451. The first-order chi connectivity index (χ1) is 11.3. The summed E-state index contributed by atoms with van der Waals surface area (Å²) in [4.78, 5) is 23.9. The molecule has 0 atom stereocenters. The number of H-pyrrole nitrogens is 1. The van der Waals surface area contributed by atoms with Gasteiger partial charge in [-0.2, -0.15) is 0 Å². The van der Waals surface area contributed by atoms with Gasteiger partial charge < -0.3 is 9.72 Å². The molecule has 0 spiro atoms. The monoisotopic (exact) mass is 303 g/mol. The second-order valence-electron chi connectivity index (χ2n) is 5.18. The molecule has 0 saturated carbocycles. The van der Waals surface area contributed by atoms with Crippen molar-refractivity contribution in [1.29, 1.82) is 0 Å². The summed E-state index contributed by atoms with van der Waals surface area (Å²) in [6.45, 7) is 0. The number of pyridine rings is 2. The van der Waals surface area contributed by atoms with Gasteiger partial charge in [-0.15, -0.1) is 0 Å². The van der Waals surface area contributed by atoms with Crippen molar-refractivity contribution >= 4 is 27.8 Å². The first-order valence-electron chi connectivity index (χ1n) is 7.18. The number of nitrogens with one attached hydrogen (secondary N) is 1. The quantitative estimate of drug-likeness (QED) is 0.575. The van der Waals surface area contributed by atoms with E-state index in [0.717, 1.165) is 27.4 Å². The third kappa shape index (κ3) is 2.14. The number of hydrogen-bond donors (Lipinski definition) is 1. The van der Waals surface area contributed by atoms with Crippen molar-refractivity contribution in [2.24, 2.45) is 0 Å². The Balaban J connectivity index is 2.12. The third-order valence-electron chi connectivity index (χ3n) is 3.84. The molecule has 112 valence electrons. The lowest BCUT2D eigenvalue weighted by Crippen LogP contribution is -2.05. The standard InChI is InChI=1S/C18H13N3O2/c1-23-18(22)15-10-13-12-4-2-3-5-14(12)20-17(13)16(21-15)11-6-8-19-9-7-11/h2-10,20H,1H3. The van der Waals surface area contributed by atoms with Crippen LogP contribution in [0.15, 0.2) is 54.9 Å². The molecule has 4 rings (SSSR count). The Labute approximate surface area is 132 Å². The highest BCUT2D eigenvalue weighted by atomic mass is 16.5. The molecule has 1 N–H and O–H groups in total. The number of carbonyl (C=O) groups is 1. The summed E-state index contributed by atoms with van der Waals surface area (Å²) in [5.74, 6) is -0.451. The number of benzene rings is 1. The number of rotatable bonds is 2. The van der Waals surface area contributed by atoms with E-state index in [9.17, 15) is 4.79 Å². The Kier molecular flexibility index (Phi) is 3.05. The van der Waals surface area contributed by atoms with E-state index >= 15 is 0 Å². The number of para-hydroxylation sites is 1. The van der Waals surface area contributed by atoms with Crippen molar-refractivity contribution in [1.82, 2.24) is 15.0 Å². The number of nitrogens with zero attached hydrogens (tertiary/aromatic N) is 2. The second kappa shape index (κ2) is 5.21. The number of ether oxygens (including phenoxy) is 1. The number of carbonyl (C=O) groups excluding carboxylic acids is 1. The van der Waals surface area contributed by atoms with Crippen molar-refractivity contribution in [2.75, 3.05) is 7.11 Å². The first-order valence-corrected chi connectivity index (χ1v) is 7.18. The zero-order valence-corrected chi connectivity index (χ0v) is 12.4. The summed E-state index contributed by atoms with van der Waals surface area (Å²) in [5.41, 5.74) is 3.78. The highest BCUT2D eigenvalue weighted by Gasteiger charge is 2.16. The van der Waals surface area contributed by atoms with Crippen LogP contribution in [-0.2, 0) is 4.74 Å². The minimum Gasteiger partial charge on any atom is -0.464 e. The van der Waals surface area contributed by atoms with Crippen LogP contribution in [0, 0.1) is 0 Å². The molecule has 3 aromatic heterocycles. The Bertz CT molecular complexity index is 1020. The van der Waals surface area contributed by atoms with Crippen molar-refractivity contribution < 1.29 is 9.53 Å². The van der Waals surface area contributed by atoms with Crippen LogP contribution in [0.25, 0.3) is 33.1 Å². The van der Waals surface area contributed by atoms with Crippen LogP contribution in [0.5, 0.6) is 0 Å². The molecular weight excluding hydrogens is 290 g/mol. The fourth-order valence-corrected chi connectivity index (χ4v) is 2.77. The van der Waals surface area contributed by atoms with Crippen molar-refractivity contribution in [3.63, 3.8) is 0 Å². The molecule has 0 fully saturated rings. The third-order valence-corrected chi connectivity index (χ3v) is 3.84. The molecule has 5 heteroatoms. The minimum absolute atomic E-state index is 0.288. The van der Waals surface area contributed by atoms with Gasteiger partial charge >= 0.3 is 5.97 Å². The summed E-state index contributed by atoms with van der Waals surface area (Å²) in [5, 5.41) is 1.99. The van der Waals surface area contributed by atoms with Crippen LogP contribution < -0.4 is 0 Å². The van der Waals surface area contributed by atoms with Crippen LogP contribution in [0.1, 0.15) is 10.5 Å². The first kappa shape index (κ1) is 13.5. The maximum Gasteiger partial charge on any atom is 0.356 e. The Morgan fingerprint density at radius 1 is 1.09 bits per heavy atom. The molecule has 0 aliphatic rings. The smallest absolute Gasteiger partial charge is 0.356 e. The normalized spacial score (nSPS) is 11.0. The zero-order chi connectivity index (χ0) is 15.8. The lowest BCUT2D eigenvalue weighted by atomic mass is 10.1. The van der Waals surface area contributed by atoms with Gasteiger partial charge in [-0.1, -0.05) is 18.2 Å². The fourth-order valence-electron chi connectivity index (χ4n) is 2.77. The Morgan fingerprint density at radius 3 is 2.65 bits per heavy atom. The number of methoxy groups -OCH3 is 1. The van der Waals surface area contributed by atoms with E-state index in [1.54, 1.807) is 18.5 Å². The van der Waals surface area contributed by atoms with Crippen molar-refractivity contribution in [2.45, 2.75) is 0 Å². The van der Waals surface area contributed by atoms with Gasteiger partial charge in [-0.3, -0.25) is 4.98 Å². The molecule has 0 amide bonds. The summed E-state index contributed by atoms with van der Waals surface area (Å²) < 4.78 is 4.84. The largest absolute Gasteiger partial charge is 0.464 e.